The van der Waals surface area contributed by atoms with E-state index in [0.29, 0.717) is 12.4 Å². The highest BCUT2D eigenvalue weighted by Crippen LogP contribution is 2.21. The van der Waals surface area contributed by atoms with Crippen LogP contribution in [0, 0.1) is 0 Å². The zero-order valence-corrected chi connectivity index (χ0v) is 9.97. The van der Waals surface area contributed by atoms with Crippen LogP contribution in [-0.4, -0.2) is 24.8 Å². The van der Waals surface area contributed by atoms with Crippen LogP contribution in [0.3, 0.4) is 0 Å². The number of aliphatic hydroxyl groups excluding tert-OH is 1. The van der Waals surface area contributed by atoms with Gasteiger partial charge in [0.1, 0.15) is 5.75 Å². The second-order valence-electron chi connectivity index (χ2n) is 3.32. The van der Waals surface area contributed by atoms with Gasteiger partial charge in [-0.2, -0.15) is 0 Å². The molecule has 0 bridgehead atoms. The van der Waals surface area contributed by atoms with Crippen LogP contribution in [0.5, 0.6) is 5.75 Å². The molecule has 0 saturated carbocycles. The molecule has 1 aromatic carbocycles. The Kier molecular flexibility index (Phi) is 5.23. The van der Waals surface area contributed by atoms with Crippen LogP contribution in [0.15, 0.2) is 24.3 Å². The fourth-order valence-corrected chi connectivity index (χ4v) is 1.36. The molecule has 4 heteroatoms. The third-order valence-electron chi connectivity index (χ3n) is 2.16. The maximum absolute atomic E-state index is 11.2. The number of esters is 1. The van der Waals surface area contributed by atoms with Crippen molar-refractivity contribution in [2.24, 2.45) is 0 Å². The normalized spacial score (nSPS) is 10.5. The lowest BCUT2D eigenvalue weighted by Gasteiger charge is -2.06. The number of carbonyl (C=O) groups is 1. The first-order valence-electron chi connectivity index (χ1n) is 5.33. The first-order valence-corrected chi connectivity index (χ1v) is 5.33. The van der Waals surface area contributed by atoms with Gasteiger partial charge in [-0.15, -0.1) is 0 Å². The van der Waals surface area contributed by atoms with Gasteiger partial charge in [-0.05, 0) is 30.7 Å². The van der Waals surface area contributed by atoms with Gasteiger partial charge >= 0.3 is 5.97 Å². The van der Waals surface area contributed by atoms with Gasteiger partial charge in [-0.1, -0.05) is 6.07 Å². The fraction of sp³-hybridized carbons (Fsp3) is 0.308. The Hall–Kier alpha value is -1.81. The minimum atomic E-state index is -0.399. The third kappa shape index (κ3) is 3.92. The predicted octanol–water partition coefficient (Wildman–Crippen LogP) is 1.76. The minimum absolute atomic E-state index is 0.0513. The van der Waals surface area contributed by atoms with Crippen molar-refractivity contribution >= 4 is 12.0 Å². The molecular weight excluding hydrogens is 220 g/mol. The second-order valence-corrected chi connectivity index (χ2v) is 3.32. The van der Waals surface area contributed by atoms with Crippen molar-refractivity contribution < 1.29 is 19.4 Å². The smallest absolute Gasteiger partial charge is 0.330 e. The van der Waals surface area contributed by atoms with Crippen molar-refractivity contribution in [1.29, 1.82) is 0 Å². The molecule has 0 aliphatic heterocycles. The topological polar surface area (TPSA) is 55.8 Å². The molecule has 0 aromatic heterocycles. The summed E-state index contributed by atoms with van der Waals surface area (Å²) in [5.74, 6) is 0.242. The first-order chi connectivity index (χ1) is 8.21. The number of rotatable bonds is 5. The number of carbonyl (C=O) groups excluding carboxylic acids is 1. The van der Waals surface area contributed by atoms with Crippen LogP contribution >= 0.6 is 0 Å². The van der Waals surface area contributed by atoms with Crippen LogP contribution in [0.4, 0.5) is 0 Å². The molecule has 0 amide bonds. The van der Waals surface area contributed by atoms with Crippen molar-refractivity contribution in [3.8, 4) is 5.75 Å². The number of benzene rings is 1. The summed E-state index contributed by atoms with van der Waals surface area (Å²) in [4.78, 5) is 11.2. The molecule has 0 atom stereocenters. The Bertz CT molecular complexity index is 410. The van der Waals surface area contributed by atoms with Crippen molar-refractivity contribution in [1.82, 2.24) is 0 Å². The number of ether oxygens (including phenoxy) is 2. The van der Waals surface area contributed by atoms with E-state index >= 15 is 0 Å². The van der Waals surface area contributed by atoms with Gasteiger partial charge in [-0.25, -0.2) is 4.79 Å². The summed E-state index contributed by atoms with van der Waals surface area (Å²) in [7, 11) is 1.55. The van der Waals surface area contributed by atoms with Crippen molar-refractivity contribution in [2.45, 2.75) is 13.5 Å². The van der Waals surface area contributed by atoms with E-state index in [1.54, 1.807) is 38.3 Å². The summed E-state index contributed by atoms with van der Waals surface area (Å²) in [6, 6.07) is 5.27. The Labute approximate surface area is 100 Å². The van der Waals surface area contributed by atoms with Crippen LogP contribution in [0.25, 0.3) is 6.08 Å². The lowest BCUT2D eigenvalue weighted by atomic mass is 10.1. The third-order valence-corrected chi connectivity index (χ3v) is 2.16. The lowest BCUT2D eigenvalue weighted by Crippen LogP contribution is -1.99. The molecular formula is C13H16O4. The lowest BCUT2D eigenvalue weighted by molar-refractivity contribution is -0.137. The quantitative estimate of drug-likeness (QED) is 0.625. The Balaban J connectivity index is 2.91. The van der Waals surface area contributed by atoms with Crippen LogP contribution in [0.2, 0.25) is 0 Å². The molecule has 92 valence electrons. The van der Waals surface area contributed by atoms with E-state index < -0.39 is 5.97 Å². The van der Waals surface area contributed by atoms with Gasteiger partial charge in [0.2, 0.25) is 0 Å². The molecule has 0 saturated heterocycles. The number of methoxy groups -OCH3 is 1. The summed E-state index contributed by atoms with van der Waals surface area (Å²) in [5, 5.41) is 9.03. The van der Waals surface area contributed by atoms with E-state index in [9.17, 15) is 4.79 Å². The molecule has 0 spiro atoms. The van der Waals surface area contributed by atoms with E-state index in [-0.39, 0.29) is 6.61 Å². The Morgan fingerprint density at radius 1 is 1.47 bits per heavy atom. The van der Waals surface area contributed by atoms with Gasteiger partial charge in [0.05, 0.1) is 20.3 Å². The zero-order chi connectivity index (χ0) is 12.7. The minimum Gasteiger partial charge on any atom is -0.496 e. The van der Waals surface area contributed by atoms with E-state index in [4.69, 9.17) is 14.6 Å². The number of aliphatic hydroxyl groups is 1. The van der Waals surface area contributed by atoms with Gasteiger partial charge in [0.15, 0.2) is 0 Å². The molecule has 0 radical (unpaired) electrons. The molecule has 0 fully saturated rings. The number of hydrogen-bond donors (Lipinski definition) is 1. The van der Waals surface area contributed by atoms with Gasteiger partial charge in [0, 0.05) is 11.6 Å². The summed E-state index contributed by atoms with van der Waals surface area (Å²) in [6.45, 7) is 2.04. The molecule has 1 N–H and O–H groups in total. The van der Waals surface area contributed by atoms with E-state index in [2.05, 4.69) is 0 Å². The standard InChI is InChI=1S/C13H16O4/c1-3-17-13(15)7-5-11-8-10(9-14)4-6-12(11)16-2/h4-8,14H,3,9H2,1-2H3. The van der Waals surface area contributed by atoms with Crippen LogP contribution in [0.1, 0.15) is 18.1 Å². The molecule has 0 aliphatic rings. The van der Waals surface area contributed by atoms with Crippen LogP contribution < -0.4 is 4.74 Å². The highest BCUT2D eigenvalue weighted by Gasteiger charge is 2.02. The van der Waals surface area contributed by atoms with Crippen molar-refractivity contribution in [2.75, 3.05) is 13.7 Å². The Morgan fingerprint density at radius 3 is 2.82 bits per heavy atom. The SMILES string of the molecule is CCOC(=O)C=Cc1cc(CO)ccc1OC. The van der Waals surface area contributed by atoms with Crippen molar-refractivity contribution in [3.63, 3.8) is 0 Å². The largest absolute Gasteiger partial charge is 0.496 e. The van der Waals surface area contributed by atoms with Crippen molar-refractivity contribution in [3.05, 3.63) is 35.4 Å². The molecule has 0 unspecified atom stereocenters. The number of hydrogen-bond acceptors (Lipinski definition) is 4. The summed E-state index contributed by atoms with van der Waals surface area (Å²) in [5.41, 5.74) is 1.49. The average Bonchev–Trinajstić information content (AvgIpc) is 2.36. The monoisotopic (exact) mass is 236 g/mol. The highest BCUT2D eigenvalue weighted by molar-refractivity contribution is 5.87. The Morgan fingerprint density at radius 2 is 2.24 bits per heavy atom. The van der Waals surface area contributed by atoms with Gasteiger partial charge in [0.25, 0.3) is 0 Å². The van der Waals surface area contributed by atoms with E-state index in [0.717, 1.165) is 11.1 Å². The molecule has 0 aliphatic carbocycles. The summed E-state index contributed by atoms with van der Waals surface area (Å²) in [6.07, 6.45) is 2.94. The molecule has 4 nitrogen and oxygen atoms in total. The van der Waals surface area contributed by atoms with Crippen LogP contribution in [-0.2, 0) is 16.1 Å². The van der Waals surface area contributed by atoms with Gasteiger partial charge in [-0.3, -0.25) is 0 Å². The average molecular weight is 236 g/mol. The second kappa shape index (κ2) is 6.70. The fourth-order valence-electron chi connectivity index (χ4n) is 1.36. The zero-order valence-electron chi connectivity index (χ0n) is 9.97. The maximum atomic E-state index is 11.2. The molecule has 0 heterocycles. The van der Waals surface area contributed by atoms with E-state index in [1.165, 1.54) is 6.08 Å². The maximum Gasteiger partial charge on any atom is 0.330 e. The molecule has 1 rings (SSSR count). The molecule has 1 aromatic rings. The molecule has 17 heavy (non-hydrogen) atoms. The predicted molar refractivity (Wildman–Crippen MR) is 64.6 cm³/mol. The van der Waals surface area contributed by atoms with Gasteiger partial charge < -0.3 is 14.6 Å². The highest BCUT2D eigenvalue weighted by atomic mass is 16.5. The summed E-state index contributed by atoms with van der Waals surface area (Å²) >= 11 is 0. The first kappa shape index (κ1) is 13.3. The van der Waals surface area contributed by atoms with E-state index in [1.807, 2.05) is 0 Å². The summed E-state index contributed by atoms with van der Waals surface area (Å²) < 4.78 is 9.93.